The predicted octanol–water partition coefficient (Wildman–Crippen LogP) is 3.72. The molecule has 132 valence electrons. The summed E-state index contributed by atoms with van der Waals surface area (Å²) in [7, 11) is -3.21. The second-order valence-corrected chi connectivity index (χ2v) is 8.96. The molecule has 0 saturated heterocycles. The van der Waals surface area contributed by atoms with Gasteiger partial charge in [-0.3, -0.25) is 4.79 Å². The van der Waals surface area contributed by atoms with Crippen molar-refractivity contribution >= 4 is 27.3 Å². The third kappa shape index (κ3) is 4.05. The molecular formula is C19H20ClNO3S. The Morgan fingerprint density at radius 1 is 1.16 bits per heavy atom. The first-order chi connectivity index (χ1) is 11.8. The molecule has 2 aromatic rings. The van der Waals surface area contributed by atoms with Crippen LogP contribution in [0.25, 0.3) is 0 Å². The summed E-state index contributed by atoms with van der Waals surface area (Å²) in [5.41, 5.74) is 1.89. The van der Waals surface area contributed by atoms with Gasteiger partial charge in [0, 0.05) is 17.2 Å². The van der Waals surface area contributed by atoms with Crippen LogP contribution in [0.5, 0.6) is 0 Å². The lowest BCUT2D eigenvalue weighted by Gasteiger charge is -2.15. The second-order valence-electron chi connectivity index (χ2n) is 6.54. The van der Waals surface area contributed by atoms with Gasteiger partial charge in [-0.05, 0) is 48.6 Å². The summed E-state index contributed by atoms with van der Waals surface area (Å²) >= 11 is 6.20. The lowest BCUT2D eigenvalue weighted by atomic mass is 10.1. The molecule has 0 aromatic heterocycles. The van der Waals surface area contributed by atoms with E-state index in [0.717, 1.165) is 17.5 Å². The van der Waals surface area contributed by atoms with Crippen molar-refractivity contribution in [2.24, 2.45) is 5.92 Å². The fraction of sp³-hybridized carbons (Fsp3) is 0.316. The molecule has 0 aliphatic heterocycles. The molecule has 1 N–H and O–H groups in total. The van der Waals surface area contributed by atoms with Gasteiger partial charge in [-0.2, -0.15) is 0 Å². The topological polar surface area (TPSA) is 63.2 Å². The van der Waals surface area contributed by atoms with Crippen LogP contribution in [0.2, 0.25) is 5.02 Å². The van der Waals surface area contributed by atoms with Gasteiger partial charge in [0.25, 0.3) is 0 Å². The zero-order valence-electron chi connectivity index (χ0n) is 14.1. The summed E-state index contributed by atoms with van der Waals surface area (Å²) in [6, 6.07) is 14.0. The zero-order valence-corrected chi connectivity index (χ0v) is 15.6. The number of benzene rings is 2. The van der Waals surface area contributed by atoms with Crippen molar-refractivity contribution in [3.05, 3.63) is 64.7 Å². The van der Waals surface area contributed by atoms with Crippen LogP contribution in [0, 0.1) is 5.92 Å². The van der Waals surface area contributed by atoms with E-state index in [-0.39, 0.29) is 28.7 Å². The summed E-state index contributed by atoms with van der Waals surface area (Å²) < 4.78 is 23.0. The van der Waals surface area contributed by atoms with Crippen LogP contribution < -0.4 is 5.32 Å². The Morgan fingerprint density at radius 2 is 1.80 bits per heavy atom. The van der Waals surface area contributed by atoms with E-state index >= 15 is 0 Å². The molecule has 3 unspecified atom stereocenters. The lowest BCUT2D eigenvalue weighted by molar-refractivity contribution is -0.123. The van der Waals surface area contributed by atoms with Gasteiger partial charge < -0.3 is 5.32 Å². The van der Waals surface area contributed by atoms with E-state index in [0.29, 0.717) is 5.02 Å². The fourth-order valence-electron chi connectivity index (χ4n) is 3.01. The summed E-state index contributed by atoms with van der Waals surface area (Å²) in [5, 5.41) is 3.71. The fourth-order valence-corrected chi connectivity index (χ4v) is 3.92. The first-order valence-corrected chi connectivity index (χ1v) is 10.4. The minimum absolute atomic E-state index is 0.00427. The van der Waals surface area contributed by atoms with Gasteiger partial charge in [0.2, 0.25) is 5.91 Å². The van der Waals surface area contributed by atoms with Crippen molar-refractivity contribution in [3.63, 3.8) is 0 Å². The Labute approximate surface area is 153 Å². The standard InChI is InChI=1S/C19H20ClNO3S/c1-12(13-7-9-14(10-8-13)25(2,23)24)21-19(22)17-11-16(17)15-5-3-4-6-18(15)20/h3-10,12,16-17H,11H2,1-2H3,(H,21,22). The van der Waals surface area contributed by atoms with E-state index in [9.17, 15) is 13.2 Å². The van der Waals surface area contributed by atoms with Gasteiger partial charge in [0.05, 0.1) is 10.9 Å². The Balaban J connectivity index is 1.63. The van der Waals surface area contributed by atoms with Crippen molar-refractivity contribution < 1.29 is 13.2 Å². The van der Waals surface area contributed by atoms with Crippen LogP contribution in [-0.4, -0.2) is 20.6 Å². The smallest absolute Gasteiger partial charge is 0.224 e. The van der Waals surface area contributed by atoms with Crippen molar-refractivity contribution in [1.82, 2.24) is 5.32 Å². The monoisotopic (exact) mass is 377 g/mol. The first-order valence-electron chi connectivity index (χ1n) is 8.12. The number of halogens is 1. The molecule has 3 atom stereocenters. The first kappa shape index (κ1) is 18.0. The molecule has 1 saturated carbocycles. The molecule has 1 amide bonds. The van der Waals surface area contributed by atoms with E-state index < -0.39 is 9.84 Å². The van der Waals surface area contributed by atoms with Crippen molar-refractivity contribution in [3.8, 4) is 0 Å². The van der Waals surface area contributed by atoms with E-state index in [4.69, 9.17) is 11.6 Å². The maximum absolute atomic E-state index is 12.5. The Morgan fingerprint density at radius 3 is 2.40 bits per heavy atom. The SMILES string of the molecule is CC(NC(=O)C1CC1c1ccccc1Cl)c1ccc(S(C)(=O)=O)cc1. The second kappa shape index (κ2) is 6.81. The lowest BCUT2D eigenvalue weighted by Crippen LogP contribution is -2.28. The van der Waals surface area contributed by atoms with Gasteiger partial charge >= 0.3 is 0 Å². The van der Waals surface area contributed by atoms with E-state index in [1.807, 2.05) is 31.2 Å². The van der Waals surface area contributed by atoms with Gasteiger partial charge in [0.1, 0.15) is 0 Å². The van der Waals surface area contributed by atoms with Crippen LogP contribution in [0.1, 0.15) is 36.4 Å². The maximum atomic E-state index is 12.5. The molecule has 4 nitrogen and oxygen atoms in total. The number of hydrogen-bond acceptors (Lipinski definition) is 3. The molecule has 1 aliphatic carbocycles. The number of nitrogens with one attached hydrogen (secondary N) is 1. The van der Waals surface area contributed by atoms with Crippen LogP contribution in [0.3, 0.4) is 0 Å². The zero-order chi connectivity index (χ0) is 18.2. The van der Waals surface area contributed by atoms with Crippen LogP contribution in [0.15, 0.2) is 53.4 Å². The Kier molecular flexibility index (Phi) is 4.89. The van der Waals surface area contributed by atoms with Gasteiger partial charge in [-0.1, -0.05) is 41.9 Å². The van der Waals surface area contributed by atoms with Gasteiger partial charge in [-0.25, -0.2) is 8.42 Å². The van der Waals surface area contributed by atoms with Crippen LogP contribution in [0.4, 0.5) is 0 Å². The molecule has 25 heavy (non-hydrogen) atoms. The highest BCUT2D eigenvalue weighted by atomic mass is 35.5. The number of amides is 1. The minimum Gasteiger partial charge on any atom is -0.349 e. The highest BCUT2D eigenvalue weighted by Gasteiger charge is 2.45. The predicted molar refractivity (Wildman–Crippen MR) is 98.4 cm³/mol. The number of hydrogen-bond donors (Lipinski definition) is 1. The maximum Gasteiger partial charge on any atom is 0.224 e. The highest BCUT2D eigenvalue weighted by Crippen LogP contribution is 2.49. The average molecular weight is 378 g/mol. The number of rotatable bonds is 5. The highest BCUT2D eigenvalue weighted by molar-refractivity contribution is 7.90. The summed E-state index contributed by atoms with van der Waals surface area (Å²) in [6.45, 7) is 1.89. The third-order valence-electron chi connectivity index (χ3n) is 4.60. The Hall–Kier alpha value is -1.85. The van der Waals surface area contributed by atoms with Crippen LogP contribution >= 0.6 is 11.6 Å². The molecule has 3 rings (SSSR count). The number of sulfone groups is 1. The molecule has 6 heteroatoms. The molecule has 0 heterocycles. The van der Waals surface area contributed by atoms with Gasteiger partial charge in [0.15, 0.2) is 9.84 Å². The average Bonchev–Trinajstić information content (AvgIpc) is 3.35. The van der Waals surface area contributed by atoms with E-state index in [1.165, 1.54) is 6.26 Å². The van der Waals surface area contributed by atoms with Crippen molar-refractivity contribution in [1.29, 1.82) is 0 Å². The molecule has 1 aliphatic rings. The number of carbonyl (C=O) groups is 1. The molecule has 1 fully saturated rings. The van der Waals surface area contributed by atoms with Gasteiger partial charge in [-0.15, -0.1) is 0 Å². The quantitative estimate of drug-likeness (QED) is 0.863. The Bertz CT molecular complexity index is 893. The molecular weight excluding hydrogens is 358 g/mol. The van der Waals surface area contributed by atoms with Crippen LogP contribution in [-0.2, 0) is 14.6 Å². The minimum atomic E-state index is -3.21. The third-order valence-corrected chi connectivity index (χ3v) is 6.07. The largest absolute Gasteiger partial charge is 0.349 e. The molecule has 0 spiro atoms. The van der Waals surface area contributed by atoms with E-state index in [1.54, 1.807) is 24.3 Å². The molecule has 0 bridgehead atoms. The van der Waals surface area contributed by atoms with E-state index in [2.05, 4.69) is 5.32 Å². The molecule has 2 aromatic carbocycles. The number of carbonyl (C=O) groups excluding carboxylic acids is 1. The summed E-state index contributed by atoms with van der Waals surface area (Å²) in [6.07, 6.45) is 1.98. The van der Waals surface area contributed by atoms with Crippen molar-refractivity contribution in [2.75, 3.05) is 6.26 Å². The summed E-state index contributed by atoms with van der Waals surface area (Å²) in [5.74, 6) is 0.121. The summed E-state index contributed by atoms with van der Waals surface area (Å²) in [4.78, 5) is 12.7. The normalized spacial score (nSPS) is 20.8. The van der Waals surface area contributed by atoms with Crippen molar-refractivity contribution in [2.45, 2.75) is 30.2 Å². The molecule has 0 radical (unpaired) electrons.